The van der Waals surface area contributed by atoms with E-state index in [2.05, 4.69) is 9.84 Å². The summed E-state index contributed by atoms with van der Waals surface area (Å²) in [6, 6.07) is 2.58. The first-order valence-electron chi connectivity index (χ1n) is 7.54. The Bertz CT molecular complexity index is 1120. The molecule has 1 N–H and O–H groups in total. The minimum absolute atomic E-state index is 0.230. The number of sulfonamides is 1. The Morgan fingerprint density at radius 2 is 2.03 bits per heavy atom. The summed E-state index contributed by atoms with van der Waals surface area (Å²) >= 11 is 5.75. The number of esters is 1. The zero-order valence-corrected chi connectivity index (χ0v) is 16.2. The molecule has 0 bridgehead atoms. The molecule has 0 aliphatic carbocycles. The average Bonchev–Trinajstić information content (AvgIpc) is 2.96. The lowest BCUT2D eigenvalue weighted by atomic mass is 10.1. The van der Waals surface area contributed by atoms with E-state index in [0.29, 0.717) is 6.07 Å². The Morgan fingerprint density at radius 3 is 2.52 bits per heavy atom. The van der Waals surface area contributed by atoms with E-state index in [9.17, 15) is 36.0 Å². The second kappa shape index (κ2) is 7.88. The predicted octanol–water partition coefficient (Wildman–Crippen LogP) is 3.10. The van der Waals surface area contributed by atoms with Gasteiger partial charge in [-0.1, -0.05) is 11.6 Å². The number of hydrogen-bond donors (Lipinski definition) is 1. The van der Waals surface area contributed by atoms with Gasteiger partial charge < -0.3 is 4.74 Å². The molecule has 29 heavy (non-hydrogen) atoms. The maximum absolute atomic E-state index is 14.4. The van der Waals surface area contributed by atoms with Crippen molar-refractivity contribution in [2.24, 2.45) is 0 Å². The first kappa shape index (κ1) is 22.4. The molecule has 0 aliphatic rings. The van der Waals surface area contributed by atoms with Crippen LogP contribution in [0.5, 0.6) is 0 Å². The molecule has 0 atom stereocenters. The molecule has 8 nitrogen and oxygen atoms in total. The van der Waals surface area contributed by atoms with Crippen LogP contribution in [0.3, 0.4) is 0 Å². The number of nitrogens with one attached hydrogen (secondary N) is 1. The van der Waals surface area contributed by atoms with Crippen molar-refractivity contribution in [1.82, 2.24) is 9.78 Å². The number of benzene rings is 1. The number of anilines is 1. The molecule has 2 aromatic rings. The highest BCUT2D eigenvalue weighted by atomic mass is 35.5. The van der Waals surface area contributed by atoms with Gasteiger partial charge in [0.05, 0.1) is 23.6 Å². The van der Waals surface area contributed by atoms with Gasteiger partial charge in [-0.15, -0.1) is 0 Å². The first-order chi connectivity index (χ1) is 13.3. The van der Waals surface area contributed by atoms with Gasteiger partial charge in [0.2, 0.25) is 10.0 Å². The lowest BCUT2D eigenvalue weighted by Crippen LogP contribution is -2.15. The van der Waals surface area contributed by atoms with E-state index in [4.69, 9.17) is 11.6 Å². The molecule has 14 heteroatoms. The highest BCUT2D eigenvalue weighted by Crippen LogP contribution is 2.37. The molecule has 1 heterocycles. The summed E-state index contributed by atoms with van der Waals surface area (Å²) in [5.41, 5.74) is -5.30. The molecule has 2 rings (SSSR count). The first-order valence-corrected chi connectivity index (χ1v) is 9.81. The zero-order valence-electron chi connectivity index (χ0n) is 14.6. The Balaban J connectivity index is 2.84. The number of hydrogen-bond acceptors (Lipinski definition) is 6. The van der Waals surface area contributed by atoms with Gasteiger partial charge in [0.15, 0.2) is 17.2 Å². The van der Waals surface area contributed by atoms with Gasteiger partial charge in [0, 0.05) is 0 Å². The maximum atomic E-state index is 14.4. The molecule has 1 aromatic heterocycles. The van der Waals surface area contributed by atoms with E-state index >= 15 is 0 Å². The molecule has 0 saturated heterocycles. The highest BCUT2D eigenvalue weighted by Gasteiger charge is 2.43. The van der Waals surface area contributed by atoms with Gasteiger partial charge in [-0.3, -0.25) is 4.72 Å². The van der Waals surface area contributed by atoms with E-state index in [1.54, 1.807) is 0 Å². The molecule has 156 valence electrons. The summed E-state index contributed by atoms with van der Waals surface area (Å²) in [6.07, 6.45) is -4.43. The quantitative estimate of drug-likeness (QED) is 0.548. The molecule has 0 spiro atoms. The van der Waals surface area contributed by atoms with E-state index in [-0.39, 0.29) is 17.0 Å². The molecule has 0 radical (unpaired) electrons. The summed E-state index contributed by atoms with van der Waals surface area (Å²) in [7, 11) is -3.88. The van der Waals surface area contributed by atoms with Crippen LogP contribution >= 0.6 is 11.6 Å². The number of rotatable bonds is 5. The minimum atomic E-state index is -5.19. The SMILES string of the molecule is CCOC(=O)c1nn(-c2cc(NS(C)(=O)=O)c(Cl)cc2F)c(C#N)c1C(F)(F)F. The number of carbonyl (C=O) groups is 1. The van der Waals surface area contributed by atoms with Crippen molar-refractivity contribution in [2.45, 2.75) is 13.1 Å². The Hall–Kier alpha value is -2.85. The monoisotopic (exact) mass is 454 g/mol. The van der Waals surface area contributed by atoms with Crippen molar-refractivity contribution in [3.8, 4) is 11.8 Å². The van der Waals surface area contributed by atoms with Crippen LogP contribution in [-0.4, -0.2) is 37.0 Å². The Kier molecular flexibility index (Phi) is 6.10. The fourth-order valence-corrected chi connectivity index (χ4v) is 3.11. The molecule has 1 aromatic carbocycles. The van der Waals surface area contributed by atoms with Crippen LogP contribution in [0, 0.1) is 17.1 Å². The largest absolute Gasteiger partial charge is 0.461 e. The Morgan fingerprint density at radius 1 is 1.41 bits per heavy atom. The molecular formula is C15H11ClF4N4O4S. The topological polar surface area (TPSA) is 114 Å². The van der Waals surface area contributed by atoms with Crippen LogP contribution < -0.4 is 4.72 Å². The van der Waals surface area contributed by atoms with Crippen LogP contribution in [0.15, 0.2) is 12.1 Å². The number of alkyl halides is 3. The third-order valence-corrected chi connectivity index (χ3v) is 4.21. The number of nitriles is 1. The van der Waals surface area contributed by atoms with Gasteiger partial charge in [-0.25, -0.2) is 22.3 Å². The fourth-order valence-electron chi connectivity index (χ4n) is 2.28. The van der Waals surface area contributed by atoms with Crippen LogP contribution in [0.4, 0.5) is 23.2 Å². The van der Waals surface area contributed by atoms with E-state index in [1.807, 2.05) is 4.72 Å². The molecule has 0 amide bonds. The normalized spacial score (nSPS) is 11.8. The molecule has 0 saturated carbocycles. The second-order valence-electron chi connectivity index (χ2n) is 5.47. The van der Waals surface area contributed by atoms with E-state index < -0.39 is 55.6 Å². The number of aromatic nitrogens is 2. The van der Waals surface area contributed by atoms with Gasteiger partial charge >= 0.3 is 12.1 Å². The maximum Gasteiger partial charge on any atom is 0.421 e. The van der Waals surface area contributed by atoms with E-state index in [0.717, 1.165) is 12.3 Å². The van der Waals surface area contributed by atoms with Crippen LogP contribution in [0.1, 0.15) is 28.7 Å². The Labute approximate surface area is 166 Å². The van der Waals surface area contributed by atoms with Gasteiger partial charge in [0.25, 0.3) is 0 Å². The molecular weight excluding hydrogens is 444 g/mol. The van der Waals surface area contributed by atoms with Crippen LogP contribution in [0.2, 0.25) is 5.02 Å². The minimum Gasteiger partial charge on any atom is -0.461 e. The summed E-state index contributed by atoms with van der Waals surface area (Å²) in [5.74, 6) is -2.70. The number of carbonyl (C=O) groups excluding carboxylic acids is 1. The average molecular weight is 455 g/mol. The highest BCUT2D eigenvalue weighted by molar-refractivity contribution is 7.92. The number of ether oxygens (including phenoxy) is 1. The summed E-state index contributed by atoms with van der Waals surface area (Å²) < 4.78 is 84.4. The summed E-state index contributed by atoms with van der Waals surface area (Å²) in [6.45, 7) is 1.07. The fraction of sp³-hybridized carbons (Fsp3) is 0.267. The van der Waals surface area contributed by atoms with Gasteiger partial charge in [-0.05, 0) is 19.1 Å². The van der Waals surface area contributed by atoms with Crippen molar-refractivity contribution in [2.75, 3.05) is 17.6 Å². The predicted molar refractivity (Wildman–Crippen MR) is 92.7 cm³/mol. The molecule has 0 aliphatic heterocycles. The van der Waals surface area contributed by atoms with Crippen molar-refractivity contribution in [3.05, 3.63) is 39.9 Å². The van der Waals surface area contributed by atoms with Gasteiger partial charge in [0.1, 0.15) is 17.3 Å². The smallest absolute Gasteiger partial charge is 0.421 e. The van der Waals surface area contributed by atoms with Crippen LogP contribution in [0.25, 0.3) is 5.69 Å². The molecule has 0 unspecified atom stereocenters. The summed E-state index contributed by atoms with van der Waals surface area (Å²) in [4.78, 5) is 11.9. The third-order valence-electron chi connectivity index (χ3n) is 3.30. The zero-order chi connectivity index (χ0) is 22.1. The van der Waals surface area contributed by atoms with Gasteiger partial charge in [-0.2, -0.15) is 23.5 Å². The second-order valence-corrected chi connectivity index (χ2v) is 7.63. The van der Waals surface area contributed by atoms with Crippen LogP contribution in [-0.2, 0) is 20.9 Å². The van der Waals surface area contributed by atoms with Crippen molar-refractivity contribution in [1.29, 1.82) is 5.26 Å². The molecule has 0 fully saturated rings. The third kappa shape index (κ3) is 4.77. The number of halogens is 5. The van der Waals surface area contributed by atoms with Crippen molar-refractivity contribution >= 4 is 33.3 Å². The standard InChI is InChI=1S/C15H11ClF4N4O4S/c1-3-28-14(25)13-12(15(18,19)20)11(6-21)24(22-13)10-5-9(23-29(2,26)27)7(16)4-8(10)17/h4-5,23H,3H2,1-2H3. The van der Waals surface area contributed by atoms with E-state index in [1.165, 1.54) is 13.0 Å². The lowest BCUT2D eigenvalue weighted by molar-refractivity contribution is -0.138. The number of nitrogens with zero attached hydrogens (tertiary/aromatic N) is 3. The lowest BCUT2D eigenvalue weighted by Gasteiger charge is -2.11. The van der Waals surface area contributed by atoms with Crippen molar-refractivity contribution < 1.29 is 35.5 Å². The summed E-state index contributed by atoms with van der Waals surface area (Å²) in [5, 5.41) is 12.2. The van der Waals surface area contributed by atoms with Crippen molar-refractivity contribution in [3.63, 3.8) is 0 Å².